The van der Waals surface area contributed by atoms with Crippen LogP contribution in [-0.4, -0.2) is 109 Å². The second-order valence-electron chi connectivity index (χ2n) is 9.31. The molecule has 0 aromatic carbocycles. The van der Waals surface area contributed by atoms with E-state index in [0.29, 0.717) is 11.8 Å². The smallest absolute Gasteiger partial charge is 0.225 e. The van der Waals surface area contributed by atoms with Gasteiger partial charge in [-0.2, -0.15) is 0 Å². The predicted octanol–water partition coefficient (Wildman–Crippen LogP) is 1.63. The molecule has 1 aliphatic carbocycles. The van der Waals surface area contributed by atoms with Gasteiger partial charge in [-0.05, 0) is 19.8 Å². The third kappa shape index (κ3) is 7.29. The Balaban J connectivity index is 0.00000306. The molecule has 3 fully saturated rings. The fraction of sp³-hybridized carbons (Fsp3) is 0.783. The van der Waals surface area contributed by atoms with Gasteiger partial charge in [-0.15, -0.1) is 24.0 Å². The highest BCUT2D eigenvalue weighted by Gasteiger charge is 2.29. The highest BCUT2D eigenvalue weighted by molar-refractivity contribution is 14.0. The number of halogens is 1. The summed E-state index contributed by atoms with van der Waals surface area (Å²) in [5.74, 6) is 2.55. The zero-order chi connectivity index (χ0) is 22.3. The van der Waals surface area contributed by atoms with Gasteiger partial charge in [0, 0.05) is 91.0 Å². The van der Waals surface area contributed by atoms with Gasteiger partial charge in [0.25, 0.3) is 0 Å². The molecule has 33 heavy (non-hydrogen) atoms. The standard InChI is InChI=1S/C23H39N7O2.HI/c1-19-17-21(26-32-19)18-28-11-15-30(16-12-28)23(24-2)25-7-8-27-9-13-29(14-10-27)22(31)20-5-3-4-6-20;/h17,20H,3-16,18H2,1-2H3,(H,24,25);1H. The Morgan fingerprint density at radius 1 is 1.06 bits per heavy atom. The van der Waals surface area contributed by atoms with Gasteiger partial charge in [-0.3, -0.25) is 19.6 Å². The van der Waals surface area contributed by atoms with Gasteiger partial charge in [0.1, 0.15) is 5.76 Å². The van der Waals surface area contributed by atoms with Crippen LogP contribution in [0.4, 0.5) is 0 Å². The van der Waals surface area contributed by atoms with Crippen molar-refractivity contribution in [3.63, 3.8) is 0 Å². The van der Waals surface area contributed by atoms with Crippen molar-refractivity contribution in [1.29, 1.82) is 0 Å². The Bertz CT molecular complexity index is 765. The molecule has 186 valence electrons. The number of aliphatic imine (C=N–C) groups is 1. The van der Waals surface area contributed by atoms with Crippen molar-refractivity contribution < 1.29 is 9.32 Å². The summed E-state index contributed by atoms with van der Waals surface area (Å²) in [6, 6.07) is 2.01. The van der Waals surface area contributed by atoms with Crippen molar-refractivity contribution in [3.8, 4) is 0 Å². The van der Waals surface area contributed by atoms with E-state index in [1.54, 1.807) is 0 Å². The summed E-state index contributed by atoms with van der Waals surface area (Å²) >= 11 is 0. The van der Waals surface area contributed by atoms with Crippen LogP contribution in [-0.2, 0) is 11.3 Å². The zero-order valence-electron chi connectivity index (χ0n) is 20.2. The number of nitrogens with zero attached hydrogens (tertiary/aromatic N) is 6. The molecule has 1 saturated carbocycles. The molecule has 10 heteroatoms. The van der Waals surface area contributed by atoms with Gasteiger partial charge in [-0.1, -0.05) is 18.0 Å². The lowest BCUT2D eigenvalue weighted by molar-refractivity contribution is -0.137. The first-order chi connectivity index (χ1) is 15.6. The number of nitrogens with one attached hydrogen (secondary N) is 1. The summed E-state index contributed by atoms with van der Waals surface area (Å²) in [6.07, 6.45) is 4.63. The molecule has 9 nitrogen and oxygen atoms in total. The SMILES string of the molecule is CN=C(NCCN1CCN(C(=O)C2CCCC2)CC1)N1CCN(Cc2cc(C)on2)CC1.I. The third-order valence-corrected chi connectivity index (χ3v) is 7.05. The molecule has 4 rings (SSSR count). The van der Waals surface area contributed by atoms with Crippen LogP contribution in [0.5, 0.6) is 0 Å². The molecule has 2 aliphatic heterocycles. The van der Waals surface area contributed by atoms with Crippen LogP contribution < -0.4 is 5.32 Å². The highest BCUT2D eigenvalue weighted by Crippen LogP contribution is 2.26. The van der Waals surface area contributed by atoms with E-state index in [1.165, 1.54) is 12.8 Å². The summed E-state index contributed by atoms with van der Waals surface area (Å²) in [7, 11) is 1.86. The van der Waals surface area contributed by atoms with Gasteiger partial charge in [0.05, 0.1) is 5.69 Å². The number of hydrogen-bond donors (Lipinski definition) is 1. The molecule has 1 aromatic heterocycles. The van der Waals surface area contributed by atoms with Crippen LogP contribution in [0, 0.1) is 12.8 Å². The van der Waals surface area contributed by atoms with Crippen molar-refractivity contribution >= 4 is 35.8 Å². The first-order valence-corrected chi connectivity index (χ1v) is 12.2. The van der Waals surface area contributed by atoms with E-state index in [9.17, 15) is 4.79 Å². The normalized spacial score (nSPS) is 21.3. The zero-order valence-corrected chi connectivity index (χ0v) is 22.5. The van der Waals surface area contributed by atoms with Crippen LogP contribution in [0.1, 0.15) is 37.1 Å². The molecule has 1 aromatic rings. The topological polar surface area (TPSA) is 80.5 Å². The lowest BCUT2D eigenvalue weighted by Gasteiger charge is -2.37. The maximum Gasteiger partial charge on any atom is 0.225 e. The van der Waals surface area contributed by atoms with E-state index < -0.39 is 0 Å². The molecule has 0 bridgehead atoms. The number of rotatable bonds is 6. The van der Waals surface area contributed by atoms with E-state index in [1.807, 2.05) is 20.0 Å². The second-order valence-corrected chi connectivity index (χ2v) is 9.31. The molecule has 0 radical (unpaired) electrons. The number of carbonyl (C=O) groups is 1. The second kappa shape index (κ2) is 12.9. The van der Waals surface area contributed by atoms with E-state index in [-0.39, 0.29) is 24.0 Å². The molecular weight excluding hydrogens is 533 g/mol. The van der Waals surface area contributed by atoms with Crippen molar-refractivity contribution in [2.45, 2.75) is 39.2 Å². The summed E-state index contributed by atoms with van der Waals surface area (Å²) in [5.41, 5.74) is 1.00. The minimum Gasteiger partial charge on any atom is -0.361 e. The Labute approximate surface area is 214 Å². The van der Waals surface area contributed by atoms with E-state index in [2.05, 4.69) is 35.1 Å². The van der Waals surface area contributed by atoms with Crippen molar-refractivity contribution in [1.82, 2.24) is 30.1 Å². The Kier molecular flexibility index (Phi) is 10.2. The van der Waals surface area contributed by atoms with E-state index in [0.717, 1.165) is 102 Å². The van der Waals surface area contributed by atoms with Crippen LogP contribution in [0.3, 0.4) is 0 Å². The van der Waals surface area contributed by atoms with E-state index >= 15 is 0 Å². The first kappa shape index (κ1) is 26.2. The molecule has 1 amide bonds. The number of aromatic nitrogens is 1. The number of carbonyl (C=O) groups excluding carboxylic acids is 1. The molecular formula is C23H40IN7O2. The van der Waals surface area contributed by atoms with Gasteiger partial charge in [-0.25, -0.2) is 0 Å². The number of amides is 1. The maximum atomic E-state index is 12.6. The van der Waals surface area contributed by atoms with Crippen molar-refractivity contribution in [2.24, 2.45) is 10.9 Å². The lowest BCUT2D eigenvalue weighted by Crippen LogP contribution is -2.54. The summed E-state index contributed by atoms with van der Waals surface area (Å²) in [5, 5.41) is 7.65. The van der Waals surface area contributed by atoms with Crippen LogP contribution >= 0.6 is 24.0 Å². The maximum absolute atomic E-state index is 12.6. The fourth-order valence-corrected chi connectivity index (χ4v) is 5.12. The monoisotopic (exact) mass is 573 g/mol. The third-order valence-electron chi connectivity index (χ3n) is 7.05. The van der Waals surface area contributed by atoms with Crippen LogP contribution in [0.15, 0.2) is 15.6 Å². The lowest BCUT2D eigenvalue weighted by atomic mass is 10.1. The highest BCUT2D eigenvalue weighted by atomic mass is 127. The molecule has 0 unspecified atom stereocenters. The average molecular weight is 574 g/mol. The Morgan fingerprint density at radius 2 is 1.70 bits per heavy atom. The number of guanidine groups is 1. The van der Waals surface area contributed by atoms with Gasteiger partial charge >= 0.3 is 0 Å². The van der Waals surface area contributed by atoms with Gasteiger partial charge < -0.3 is 19.6 Å². The quantitative estimate of drug-likeness (QED) is 0.315. The van der Waals surface area contributed by atoms with Crippen LogP contribution in [0.25, 0.3) is 0 Å². The van der Waals surface area contributed by atoms with Crippen molar-refractivity contribution in [3.05, 3.63) is 17.5 Å². The van der Waals surface area contributed by atoms with Gasteiger partial charge in [0.15, 0.2) is 5.96 Å². The predicted molar refractivity (Wildman–Crippen MR) is 140 cm³/mol. The molecule has 2 saturated heterocycles. The molecule has 0 spiro atoms. The number of hydrogen-bond acceptors (Lipinski definition) is 6. The molecule has 3 heterocycles. The van der Waals surface area contributed by atoms with E-state index in [4.69, 9.17) is 4.52 Å². The van der Waals surface area contributed by atoms with Gasteiger partial charge in [0.2, 0.25) is 5.91 Å². The Morgan fingerprint density at radius 3 is 2.30 bits per heavy atom. The van der Waals surface area contributed by atoms with Crippen molar-refractivity contribution in [2.75, 3.05) is 72.5 Å². The largest absolute Gasteiger partial charge is 0.361 e. The first-order valence-electron chi connectivity index (χ1n) is 12.2. The summed E-state index contributed by atoms with van der Waals surface area (Å²) in [6.45, 7) is 12.2. The average Bonchev–Trinajstić information content (AvgIpc) is 3.50. The minimum atomic E-state index is 0. The number of piperazine rings is 2. The van der Waals surface area contributed by atoms with Crippen LogP contribution in [0.2, 0.25) is 0 Å². The Hall–Kier alpha value is -1.40. The molecule has 1 N–H and O–H groups in total. The summed E-state index contributed by atoms with van der Waals surface area (Å²) < 4.78 is 5.18. The molecule has 3 aliphatic rings. The number of aryl methyl sites for hydroxylation is 1. The molecule has 0 atom stereocenters. The minimum absolute atomic E-state index is 0. The summed E-state index contributed by atoms with van der Waals surface area (Å²) in [4.78, 5) is 26.4. The fourth-order valence-electron chi connectivity index (χ4n) is 5.12.